The van der Waals surface area contributed by atoms with Crippen LogP contribution in [-0.2, 0) is 14.4 Å². The third kappa shape index (κ3) is 6.08. The number of nitrogens with zero attached hydrogens (tertiary/aromatic N) is 1. The molecule has 1 heterocycles. The van der Waals surface area contributed by atoms with Crippen molar-refractivity contribution in [1.82, 2.24) is 5.32 Å². The molecule has 38 heavy (non-hydrogen) atoms. The molecule has 9 nitrogen and oxygen atoms in total. The number of barbiturate groups is 1. The zero-order chi connectivity index (χ0) is 27.4. The van der Waals surface area contributed by atoms with Gasteiger partial charge in [-0.25, -0.2) is 9.69 Å². The first-order valence-corrected chi connectivity index (χ1v) is 12.0. The Morgan fingerprint density at radius 1 is 0.947 bits per heavy atom. The number of nitrogens with one attached hydrogen (secondary N) is 2. The van der Waals surface area contributed by atoms with Gasteiger partial charge in [-0.3, -0.25) is 19.7 Å². The van der Waals surface area contributed by atoms with Crippen LogP contribution in [0.5, 0.6) is 11.5 Å². The Kier molecular flexibility index (Phi) is 8.21. The van der Waals surface area contributed by atoms with Crippen LogP contribution in [-0.4, -0.2) is 37.5 Å². The van der Waals surface area contributed by atoms with Crippen molar-refractivity contribution in [3.63, 3.8) is 0 Å². The lowest BCUT2D eigenvalue weighted by atomic mass is 10.1. The second kappa shape index (κ2) is 11.6. The molecular formula is C26H18Cl3N3O6. The van der Waals surface area contributed by atoms with Crippen molar-refractivity contribution < 1.29 is 28.7 Å². The standard InChI is InChI=1S/C26H18Cl3N3O6/c1-37-17-6-3-15(4-7-17)30-23(33)13-38-22-9-2-14(11-21(22)29)10-18-24(34)31-26(36)32(25(18)35)16-5-8-19(27)20(28)12-16/h2-12H,13H2,1H3,(H,30,33)(H,31,34,36)/b18-10-. The average molecular weight is 575 g/mol. The summed E-state index contributed by atoms with van der Waals surface area (Å²) in [6.07, 6.45) is 1.28. The first-order valence-electron chi connectivity index (χ1n) is 10.9. The molecule has 12 heteroatoms. The Morgan fingerprint density at radius 3 is 2.34 bits per heavy atom. The number of carbonyl (C=O) groups excluding carboxylic acids is 4. The van der Waals surface area contributed by atoms with E-state index in [9.17, 15) is 19.2 Å². The van der Waals surface area contributed by atoms with Gasteiger partial charge in [0.05, 0.1) is 27.9 Å². The van der Waals surface area contributed by atoms with Crippen molar-refractivity contribution in [2.24, 2.45) is 0 Å². The number of carbonyl (C=O) groups is 4. The van der Waals surface area contributed by atoms with E-state index in [1.54, 1.807) is 31.4 Å². The summed E-state index contributed by atoms with van der Waals surface area (Å²) in [5, 5.41) is 5.31. The fourth-order valence-corrected chi connectivity index (χ4v) is 3.96. The van der Waals surface area contributed by atoms with E-state index in [1.165, 1.54) is 42.5 Å². The summed E-state index contributed by atoms with van der Waals surface area (Å²) >= 11 is 18.2. The van der Waals surface area contributed by atoms with Crippen LogP contribution in [0, 0.1) is 0 Å². The van der Waals surface area contributed by atoms with Crippen LogP contribution in [0.3, 0.4) is 0 Å². The van der Waals surface area contributed by atoms with Crippen molar-refractivity contribution in [3.8, 4) is 11.5 Å². The van der Waals surface area contributed by atoms with E-state index in [0.29, 0.717) is 17.0 Å². The van der Waals surface area contributed by atoms with Crippen LogP contribution in [0.25, 0.3) is 6.08 Å². The Balaban J connectivity index is 1.46. The summed E-state index contributed by atoms with van der Waals surface area (Å²) < 4.78 is 10.6. The van der Waals surface area contributed by atoms with Gasteiger partial charge in [0, 0.05) is 5.69 Å². The summed E-state index contributed by atoms with van der Waals surface area (Å²) in [6.45, 7) is -0.312. The van der Waals surface area contributed by atoms with Crippen molar-refractivity contribution >= 4 is 76.0 Å². The van der Waals surface area contributed by atoms with Gasteiger partial charge in [-0.05, 0) is 66.2 Å². The van der Waals surface area contributed by atoms with Gasteiger partial charge in [-0.15, -0.1) is 0 Å². The maximum atomic E-state index is 13.1. The van der Waals surface area contributed by atoms with Crippen LogP contribution >= 0.6 is 34.8 Å². The van der Waals surface area contributed by atoms with Gasteiger partial charge in [0.1, 0.15) is 17.1 Å². The fraction of sp³-hybridized carbons (Fsp3) is 0.0769. The molecule has 3 aromatic carbocycles. The molecule has 0 spiro atoms. The van der Waals surface area contributed by atoms with Gasteiger partial charge in [0.2, 0.25) is 0 Å². The lowest BCUT2D eigenvalue weighted by Crippen LogP contribution is -2.54. The van der Waals surface area contributed by atoms with Gasteiger partial charge in [0.15, 0.2) is 6.61 Å². The van der Waals surface area contributed by atoms with E-state index in [0.717, 1.165) is 4.90 Å². The Bertz CT molecular complexity index is 1470. The van der Waals surface area contributed by atoms with E-state index in [-0.39, 0.29) is 38.7 Å². The van der Waals surface area contributed by atoms with Crippen molar-refractivity contribution in [1.29, 1.82) is 0 Å². The number of methoxy groups -OCH3 is 1. The van der Waals surface area contributed by atoms with Gasteiger partial charge in [-0.2, -0.15) is 0 Å². The minimum Gasteiger partial charge on any atom is -0.497 e. The molecule has 5 amide bonds. The molecular weight excluding hydrogens is 557 g/mol. The highest BCUT2D eigenvalue weighted by Crippen LogP contribution is 2.30. The monoisotopic (exact) mass is 573 g/mol. The number of anilines is 2. The Morgan fingerprint density at radius 2 is 1.68 bits per heavy atom. The highest BCUT2D eigenvalue weighted by atomic mass is 35.5. The average Bonchev–Trinajstić information content (AvgIpc) is 2.88. The predicted octanol–water partition coefficient (Wildman–Crippen LogP) is 5.34. The summed E-state index contributed by atoms with van der Waals surface area (Å²) in [7, 11) is 1.54. The molecule has 2 N–H and O–H groups in total. The number of amides is 5. The number of imide groups is 2. The van der Waals surface area contributed by atoms with E-state index >= 15 is 0 Å². The van der Waals surface area contributed by atoms with Crippen LogP contribution < -0.4 is 25.0 Å². The largest absolute Gasteiger partial charge is 0.497 e. The molecule has 0 aliphatic carbocycles. The van der Waals surface area contributed by atoms with Crippen LogP contribution in [0.15, 0.2) is 66.2 Å². The van der Waals surface area contributed by atoms with E-state index < -0.39 is 23.8 Å². The van der Waals surface area contributed by atoms with Crippen molar-refractivity contribution in [2.45, 2.75) is 0 Å². The SMILES string of the molecule is COc1ccc(NC(=O)COc2ccc(/C=C3/C(=O)NC(=O)N(c4ccc(Cl)c(Cl)c4)C3=O)cc2Cl)cc1. The van der Waals surface area contributed by atoms with Gasteiger partial charge >= 0.3 is 6.03 Å². The summed E-state index contributed by atoms with van der Waals surface area (Å²) in [5.74, 6) is -1.27. The second-order valence-electron chi connectivity index (χ2n) is 7.81. The van der Waals surface area contributed by atoms with Crippen molar-refractivity contribution in [3.05, 3.63) is 86.9 Å². The maximum Gasteiger partial charge on any atom is 0.335 e. The first-order chi connectivity index (χ1) is 18.2. The highest BCUT2D eigenvalue weighted by Gasteiger charge is 2.37. The zero-order valence-corrected chi connectivity index (χ0v) is 21.9. The molecule has 1 aliphatic rings. The lowest BCUT2D eigenvalue weighted by Gasteiger charge is -2.26. The number of hydrogen-bond acceptors (Lipinski definition) is 6. The molecule has 1 fully saturated rings. The Hall–Kier alpha value is -4.05. The van der Waals surface area contributed by atoms with E-state index in [1.807, 2.05) is 0 Å². The third-order valence-corrected chi connectivity index (χ3v) is 6.30. The number of hydrogen-bond donors (Lipinski definition) is 2. The fourth-order valence-electron chi connectivity index (χ4n) is 3.42. The molecule has 0 aromatic heterocycles. The maximum absolute atomic E-state index is 13.1. The summed E-state index contributed by atoms with van der Waals surface area (Å²) in [6, 6.07) is 14.5. The molecule has 4 rings (SSSR count). The van der Waals surface area contributed by atoms with Crippen LogP contribution in [0.2, 0.25) is 15.1 Å². The van der Waals surface area contributed by atoms with Gasteiger partial charge < -0.3 is 14.8 Å². The number of benzene rings is 3. The van der Waals surface area contributed by atoms with Crippen molar-refractivity contribution in [2.75, 3.05) is 23.9 Å². The lowest BCUT2D eigenvalue weighted by molar-refractivity contribution is -0.122. The minimum atomic E-state index is -0.926. The zero-order valence-electron chi connectivity index (χ0n) is 19.6. The molecule has 3 aromatic rings. The number of ether oxygens (including phenoxy) is 2. The summed E-state index contributed by atoms with van der Waals surface area (Å²) in [5.41, 5.74) is 0.775. The number of rotatable bonds is 7. The molecule has 1 aliphatic heterocycles. The first kappa shape index (κ1) is 27.0. The second-order valence-corrected chi connectivity index (χ2v) is 9.03. The van der Waals surface area contributed by atoms with E-state index in [2.05, 4.69) is 10.6 Å². The molecule has 0 saturated carbocycles. The molecule has 0 bridgehead atoms. The number of urea groups is 1. The highest BCUT2D eigenvalue weighted by molar-refractivity contribution is 6.43. The van der Waals surface area contributed by atoms with Gasteiger partial charge in [0.25, 0.3) is 17.7 Å². The molecule has 194 valence electrons. The van der Waals surface area contributed by atoms with Gasteiger partial charge in [-0.1, -0.05) is 40.9 Å². The number of halogens is 3. The topological polar surface area (TPSA) is 114 Å². The minimum absolute atomic E-state index is 0.132. The Labute approximate surface area is 231 Å². The van der Waals surface area contributed by atoms with Crippen LogP contribution in [0.1, 0.15) is 5.56 Å². The normalized spacial score (nSPS) is 14.4. The molecule has 0 radical (unpaired) electrons. The quantitative estimate of drug-likeness (QED) is 0.291. The molecule has 1 saturated heterocycles. The molecule has 0 unspecified atom stereocenters. The predicted molar refractivity (Wildman–Crippen MR) is 144 cm³/mol. The van der Waals surface area contributed by atoms with E-state index in [4.69, 9.17) is 44.3 Å². The van der Waals surface area contributed by atoms with Crippen LogP contribution in [0.4, 0.5) is 16.2 Å². The smallest absolute Gasteiger partial charge is 0.335 e. The summed E-state index contributed by atoms with van der Waals surface area (Å²) in [4.78, 5) is 50.8. The molecule has 0 atom stereocenters. The third-order valence-electron chi connectivity index (χ3n) is 5.26.